The van der Waals surface area contributed by atoms with Crippen LogP contribution in [0.3, 0.4) is 0 Å². The summed E-state index contributed by atoms with van der Waals surface area (Å²) in [5.74, 6) is 1.55. The number of benzene rings is 1. The second kappa shape index (κ2) is 8.38. The van der Waals surface area contributed by atoms with E-state index in [1.807, 2.05) is 57.3 Å². The Balaban J connectivity index is 1.61. The Morgan fingerprint density at radius 3 is 2.52 bits per heavy atom. The van der Waals surface area contributed by atoms with E-state index in [0.29, 0.717) is 5.92 Å². The molecule has 1 aromatic heterocycles. The minimum Gasteiger partial charge on any atom is -0.355 e. The molecule has 27 heavy (non-hydrogen) atoms. The first-order chi connectivity index (χ1) is 12.8. The minimum atomic E-state index is -0.332. The minimum absolute atomic E-state index is 0.121. The Kier molecular flexibility index (Phi) is 6.15. The number of anilines is 1. The SMILES string of the molecule is CC(C)(C)C(=O)NCC1CCN(c2cnc(Br)c(-c3ccccc3)n2)CC1. The molecule has 2 aromatic rings. The van der Waals surface area contributed by atoms with Gasteiger partial charge in [-0.1, -0.05) is 51.1 Å². The van der Waals surface area contributed by atoms with E-state index in [0.717, 1.165) is 54.2 Å². The largest absolute Gasteiger partial charge is 0.355 e. The molecule has 1 fully saturated rings. The molecule has 0 aliphatic carbocycles. The van der Waals surface area contributed by atoms with E-state index in [2.05, 4.69) is 31.1 Å². The van der Waals surface area contributed by atoms with Gasteiger partial charge >= 0.3 is 0 Å². The second-order valence-corrected chi connectivity index (χ2v) is 8.88. The third-order valence-electron chi connectivity index (χ3n) is 4.93. The van der Waals surface area contributed by atoms with Crippen LogP contribution in [0.4, 0.5) is 5.82 Å². The van der Waals surface area contributed by atoms with E-state index in [4.69, 9.17) is 4.98 Å². The highest BCUT2D eigenvalue weighted by atomic mass is 79.9. The molecule has 1 aliphatic heterocycles. The maximum Gasteiger partial charge on any atom is 0.225 e. The number of nitrogens with one attached hydrogen (secondary N) is 1. The van der Waals surface area contributed by atoms with Crippen molar-refractivity contribution >= 4 is 27.7 Å². The molecule has 1 amide bonds. The summed E-state index contributed by atoms with van der Waals surface area (Å²) in [4.78, 5) is 23.7. The van der Waals surface area contributed by atoms with Crippen molar-refractivity contribution in [2.45, 2.75) is 33.6 Å². The molecular formula is C21H27BrN4O. The number of rotatable bonds is 4. The number of carbonyl (C=O) groups is 1. The number of hydrogen-bond acceptors (Lipinski definition) is 4. The standard InChI is InChI=1S/C21H27BrN4O/c1-21(2,3)20(27)24-13-15-9-11-26(12-10-15)17-14-23-19(22)18(25-17)16-7-5-4-6-8-16/h4-8,14-15H,9-13H2,1-3H3,(H,24,27). The van der Waals surface area contributed by atoms with Gasteiger partial charge in [-0.25, -0.2) is 9.97 Å². The van der Waals surface area contributed by atoms with Crippen molar-refractivity contribution in [1.82, 2.24) is 15.3 Å². The summed E-state index contributed by atoms with van der Waals surface area (Å²) in [6.07, 6.45) is 3.92. The van der Waals surface area contributed by atoms with Crippen molar-refractivity contribution in [3.05, 3.63) is 41.1 Å². The number of aromatic nitrogens is 2. The predicted molar refractivity (Wildman–Crippen MR) is 113 cm³/mol. The van der Waals surface area contributed by atoms with Crippen LogP contribution in [0.15, 0.2) is 41.1 Å². The molecule has 1 N–H and O–H groups in total. The lowest BCUT2D eigenvalue weighted by atomic mass is 9.93. The van der Waals surface area contributed by atoms with Crippen LogP contribution in [-0.2, 0) is 4.79 Å². The van der Waals surface area contributed by atoms with Crippen molar-refractivity contribution in [1.29, 1.82) is 0 Å². The van der Waals surface area contributed by atoms with Gasteiger partial charge in [-0.3, -0.25) is 4.79 Å². The first kappa shape index (κ1) is 19.8. The second-order valence-electron chi connectivity index (χ2n) is 8.12. The van der Waals surface area contributed by atoms with E-state index in [-0.39, 0.29) is 11.3 Å². The summed E-state index contributed by atoms with van der Waals surface area (Å²) in [5.41, 5.74) is 1.59. The summed E-state index contributed by atoms with van der Waals surface area (Å²) < 4.78 is 0.761. The number of halogens is 1. The fraction of sp³-hybridized carbons (Fsp3) is 0.476. The first-order valence-electron chi connectivity index (χ1n) is 9.46. The summed E-state index contributed by atoms with van der Waals surface area (Å²) in [7, 11) is 0. The highest BCUT2D eigenvalue weighted by molar-refractivity contribution is 9.10. The number of hydrogen-bond donors (Lipinski definition) is 1. The molecule has 1 aliphatic rings. The molecule has 0 unspecified atom stereocenters. The third-order valence-corrected chi connectivity index (χ3v) is 5.51. The Morgan fingerprint density at radius 2 is 1.89 bits per heavy atom. The van der Waals surface area contributed by atoms with Crippen molar-refractivity contribution in [3.8, 4) is 11.3 Å². The van der Waals surface area contributed by atoms with Crippen molar-refractivity contribution in [2.24, 2.45) is 11.3 Å². The quantitative estimate of drug-likeness (QED) is 0.785. The van der Waals surface area contributed by atoms with E-state index in [1.54, 1.807) is 0 Å². The van der Waals surface area contributed by atoms with Crippen LogP contribution in [0.5, 0.6) is 0 Å². The van der Waals surface area contributed by atoms with Crippen molar-refractivity contribution in [3.63, 3.8) is 0 Å². The van der Waals surface area contributed by atoms with Gasteiger partial charge in [-0.2, -0.15) is 0 Å². The lowest BCUT2D eigenvalue weighted by Crippen LogP contribution is -2.42. The highest BCUT2D eigenvalue weighted by Crippen LogP contribution is 2.28. The predicted octanol–water partition coefficient (Wildman–Crippen LogP) is 4.28. The monoisotopic (exact) mass is 430 g/mol. The molecule has 144 valence electrons. The summed E-state index contributed by atoms with van der Waals surface area (Å²) in [6, 6.07) is 10.1. The van der Waals surface area contributed by atoms with Crippen LogP contribution >= 0.6 is 15.9 Å². The third kappa shape index (κ3) is 5.06. The smallest absolute Gasteiger partial charge is 0.225 e. The van der Waals surface area contributed by atoms with E-state index in [9.17, 15) is 4.79 Å². The van der Waals surface area contributed by atoms with E-state index in [1.165, 1.54) is 0 Å². The van der Waals surface area contributed by atoms with Crippen LogP contribution < -0.4 is 10.2 Å². The van der Waals surface area contributed by atoms with Crippen molar-refractivity contribution in [2.75, 3.05) is 24.5 Å². The fourth-order valence-corrected chi connectivity index (χ4v) is 3.59. The van der Waals surface area contributed by atoms with Crippen molar-refractivity contribution < 1.29 is 4.79 Å². The number of piperidine rings is 1. The zero-order valence-electron chi connectivity index (χ0n) is 16.2. The van der Waals surface area contributed by atoms with Gasteiger partial charge in [-0.05, 0) is 34.7 Å². The molecule has 0 bridgehead atoms. The van der Waals surface area contributed by atoms with Gasteiger partial charge in [-0.15, -0.1) is 0 Å². The molecule has 0 radical (unpaired) electrons. The molecule has 2 heterocycles. The zero-order valence-corrected chi connectivity index (χ0v) is 17.8. The van der Waals surface area contributed by atoms with Gasteiger partial charge in [0.1, 0.15) is 16.1 Å². The Labute approximate surface area is 169 Å². The highest BCUT2D eigenvalue weighted by Gasteiger charge is 2.25. The van der Waals surface area contributed by atoms with E-state index < -0.39 is 0 Å². The maximum atomic E-state index is 12.1. The average Bonchev–Trinajstić information content (AvgIpc) is 2.67. The number of amides is 1. The molecule has 6 heteroatoms. The maximum absolute atomic E-state index is 12.1. The summed E-state index contributed by atoms with van der Waals surface area (Å²) >= 11 is 3.52. The van der Waals surface area contributed by atoms with Crippen LogP contribution in [0, 0.1) is 11.3 Å². The van der Waals surface area contributed by atoms with Crippen LogP contribution in [0.25, 0.3) is 11.3 Å². The van der Waals surface area contributed by atoms with Crippen LogP contribution in [0.2, 0.25) is 0 Å². The van der Waals surface area contributed by atoms with Crippen LogP contribution in [-0.4, -0.2) is 35.5 Å². The van der Waals surface area contributed by atoms with Gasteiger partial charge in [0.2, 0.25) is 5.91 Å². The number of carbonyl (C=O) groups excluding carboxylic acids is 1. The molecule has 3 rings (SSSR count). The topological polar surface area (TPSA) is 58.1 Å². The molecule has 0 saturated carbocycles. The summed E-state index contributed by atoms with van der Waals surface area (Å²) in [6.45, 7) is 8.46. The van der Waals surface area contributed by atoms with Gasteiger partial charge in [0, 0.05) is 30.6 Å². The first-order valence-corrected chi connectivity index (χ1v) is 10.2. The lowest BCUT2D eigenvalue weighted by Gasteiger charge is -2.33. The Hall–Kier alpha value is -1.95. The normalized spacial score (nSPS) is 15.6. The molecule has 1 saturated heterocycles. The Bertz CT molecular complexity index is 781. The molecule has 0 atom stereocenters. The van der Waals surface area contributed by atoms with Crippen LogP contribution in [0.1, 0.15) is 33.6 Å². The van der Waals surface area contributed by atoms with Gasteiger partial charge in [0.05, 0.1) is 6.20 Å². The molecular weight excluding hydrogens is 404 g/mol. The summed E-state index contributed by atoms with van der Waals surface area (Å²) in [5, 5.41) is 3.09. The molecule has 5 nitrogen and oxygen atoms in total. The zero-order chi connectivity index (χ0) is 19.4. The van der Waals surface area contributed by atoms with Gasteiger partial charge < -0.3 is 10.2 Å². The van der Waals surface area contributed by atoms with Gasteiger partial charge in [0.25, 0.3) is 0 Å². The fourth-order valence-electron chi connectivity index (χ4n) is 3.17. The van der Waals surface area contributed by atoms with Gasteiger partial charge in [0.15, 0.2) is 0 Å². The van der Waals surface area contributed by atoms with E-state index >= 15 is 0 Å². The average molecular weight is 431 g/mol. The molecule has 1 aromatic carbocycles. The Morgan fingerprint density at radius 1 is 1.22 bits per heavy atom. The number of nitrogens with zero attached hydrogens (tertiary/aromatic N) is 3. The molecule has 0 spiro atoms. The lowest BCUT2D eigenvalue weighted by molar-refractivity contribution is -0.128.